The minimum Gasteiger partial charge on any atom is -0.387 e. The standard InChI is InChI=1S/C8H6BrF3N2O3/c1-4-6(14(15)16)5(2-9)3-13-7(4)17-8(10,11)12/h3H,2H2,1H3. The molecule has 0 bridgehead atoms. The van der Waals surface area contributed by atoms with Crippen molar-refractivity contribution < 1.29 is 22.8 Å². The molecule has 1 rings (SSSR count). The van der Waals surface area contributed by atoms with Crippen molar-refractivity contribution in [3.63, 3.8) is 0 Å². The third-order valence-corrected chi connectivity index (χ3v) is 2.46. The Labute approximate surface area is 102 Å². The first-order valence-corrected chi connectivity index (χ1v) is 5.33. The van der Waals surface area contributed by atoms with Crippen molar-refractivity contribution in [3.8, 4) is 5.88 Å². The topological polar surface area (TPSA) is 65.3 Å². The van der Waals surface area contributed by atoms with E-state index in [2.05, 4.69) is 25.7 Å². The number of nitro groups is 1. The second-order valence-electron chi connectivity index (χ2n) is 3.00. The van der Waals surface area contributed by atoms with Crippen LogP contribution in [-0.2, 0) is 5.33 Å². The predicted octanol–water partition coefficient (Wildman–Crippen LogP) is 3.09. The van der Waals surface area contributed by atoms with Gasteiger partial charge in [0.05, 0.1) is 16.1 Å². The maximum Gasteiger partial charge on any atom is 0.574 e. The Balaban J connectivity index is 3.28. The molecule has 17 heavy (non-hydrogen) atoms. The van der Waals surface area contributed by atoms with Gasteiger partial charge in [-0.15, -0.1) is 13.2 Å². The lowest BCUT2D eigenvalue weighted by molar-refractivity contribution is -0.386. The van der Waals surface area contributed by atoms with E-state index >= 15 is 0 Å². The molecule has 0 fully saturated rings. The van der Waals surface area contributed by atoms with Gasteiger partial charge in [0.15, 0.2) is 0 Å². The van der Waals surface area contributed by atoms with Gasteiger partial charge in [-0.1, -0.05) is 15.9 Å². The van der Waals surface area contributed by atoms with E-state index in [1.54, 1.807) is 0 Å². The minimum atomic E-state index is -4.93. The normalized spacial score (nSPS) is 11.4. The van der Waals surface area contributed by atoms with Gasteiger partial charge in [0, 0.05) is 11.5 Å². The first-order valence-electron chi connectivity index (χ1n) is 4.21. The molecule has 0 aliphatic carbocycles. The van der Waals surface area contributed by atoms with E-state index in [9.17, 15) is 23.3 Å². The van der Waals surface area contributed by atoms with Crippen LogP contribution in [-0.4, -0.2) is 16.3 Å². The molecule has 0 radical (unpaired) electrons. The van der Waals surface area contributed by atoms with Gasteiger partial charge in [-0.25, -0.2) is 4.98 Å². The fourth-order valence-corrected chi connectivity index (χ4v) is 1.61. The van der Waals surface area contributed by atoms with Gasteiger partial charge >= 0.3 is 6.36 Å². The quantitative estimate of drug-likeness (QED) is 0.488. The second-order valence-corrected chi connectivity index (χ2v) is 3.56. The third-order valence-electron chi connectivity index (χ3n) is 1.86. The lowest BCUT2D eigenvalue weighted by Crippen LogP contribution is -2.19. The zero-order valence-electron chi connectivity index (χ0n) is 8.42. The van der Waals surface area contributed by atoms with Crippen LogP contribution < -0.4 is 4.74 Å². The predicted molar refractivity (Wildman–Crippen MR) is 54.9 cm³/mol. The second kappa shape index (κ2) is 4.86. The molecule has 1 aromatic heterocycles. The molecular weight excluding hydrogens is 309 g/mol. The Morgan fingerprint density at radius 3 is 2.59 bits per heavy atom. The minimum absolute atomic E-state index is 0.115. The van der Waals surface area contributed by atoms with Gasteiger partial charge in [0.1, 0.15) is 0 Å². The van der Waals surface area contributed by atoms with E-state index in [1.807, 2.05) is 0 Å². The average molecular weight is 315 g/mol. The third kappa shape index (κ3) is 3.29. The van der Waals surface area contributed by atoms with Gasteiger partial charge in [0.25, 0.3) is 5.69 Å². The molecule has 0 amide bonds. The Kier molecular flexibility index (Phi) is 3.91. The summed E-state index contributed by atoms with van der Waals surface area (Å²) in [7, 11) is 0. The molecule has 0 atom stereocenters. The summed E-state index contributed by atoms with van der Waals surface area (Å²) in [5, 5.41) is 10.9. The number of hydrogen-bond acceptors (Lipinski definition) is 4. The van der Waals surface area contributed by atoms with Crippen molar-refractivity contribution in [2.75, 3.05) is 0 Å². The molecule has 0 aromatic carbocycles. The summed E-state index contributed by atoms with van der Waals surface area (Å²) < 4.78 is 39.6. The van der Waals surface area contributed by atoms with Crippen LogP contribution in [0.1, 0.15) is 11.1 Å². The Morgan fingerprint density at radius 1 is 1.59 bits per heavy atom. The largest absolute Gasteiger partial charge is 0.574 e. The van der Waals surface area contributed by atoms with Crippen molar-refractivity contribution in [3.05, 3.63) is 27.4 Å². The average Bonchev–Trinajstić information content (AvgIpc) is 2.18. The van der Waals surface area contributed by atoms with Gasteiger partial charge in [-0.3, -0.25) is 10.1 Å². The van der Waals surface area contributed by atoms with Gasteiger partial charge in [0.2, 0.25) is 5.88 Å². The highest BCUT2D eigenvalue weighted by Gasteiger charge is 2.34. The lowest BCUT2D eigenvalue weighted by Gasteiger charge is -2.11. The molecule has 9 heteroatoms. The SMILES string of the molecule is Cc1c(OC(F)(F)F)ncc(CBr)c1[N+](=O)[O-]. The van der Waals surface area contributed by atoms with Crippen molar-refractivity contribution in [1.82, 2.24) is 4.98 Å². The number of halogens is 4. The van der Waals surface area contributed by atoms with Crippen molar-refractivity contribution >= 4 is 21.6 Å². The number of hydrogen-bond donors (Lipinski definition) is 0. The first-order chi connectivity index (χ1) is 7.76. The van der Waals surface area contributed by atoms with Crippen LogP contribution in [0, 0.1) is 17.0 Å². The lowest BCUT2D eigenvalue weighted by atomic mass is 10.2. The number of alkyl halides is 4. The molecule has 94 valence electrons. The smallest absolute Gasteiger partial charge is 0.387 e. The van der Waals surface area contributed by atoms with Crippen molar-refractivity contribution in [2.45, 2.75) is 18.6 Å². The molecule has 5 nitrogen and oxygen atoms in total. The zero-order valence-corrected chi connectivity index (χ0v) is 10.0. The van der Waals surface area contributed by atoms with E-state index in [0.717, 1.165) is 13.1 Å². The number of pyridine rings is 1. The monoisotopic (exact) mass is 314 g/mol. The molecule has 0 saturated carbocycles. The first kappa shape index (κ1) is 13.7. The summed E-state index contributed by atoms with van der Waals surface area (Å²) in [6, 6.07) is 0. The van der Waals surface area contributed by atoms with Gasteiger partial charge in [-0.2, -0.15) is 0 Å². The summed E-state index contributed by atoms with van der Waals surface area (Å²) in [6.45, 7) is 1.15. The summed E-state index contributed by atoms with van der Waals surface area (Å²) in [5.74, 6) is -0.811. The maximum atomic E-state index is 12.0. The number of nitrogens with zero attached hydrogens (tertiary/aromatic N) is 2. The summed E-state index contributed by atoms with van der Waals surface area (Å²) in [5.41, 5.74) is -0.512. The number of aromatic nitrogens is 1. The van der Waals surface area contributed by atoms with E-state index in [0.29, 0.717) is 0 Å². The molecule has 0 N–H and O–H groups in total. The molecule has 0 saturated heterocycles. The van der Waals surface area contributed by atoms with Gasteiger partial charge < -0.3 is 4.74 Å². The molecule has 0 aliphatic heterocycles. The Morgan fingerprint density at radius 2 is 2.18 bits per heavy atom. The fraction of sp³-hybridized carbons (Fsp3) is 0.375. The highest BCUT2D eigenvalue weighted by Crippen LogP contribution is 2.32. The van der Waals surface area contributed by atoms with Crippen LogP contribution in [0.15, 0.2) is 6.20 Å². The van der Waals surface area contributed by atoms with E-state index in [-0.39, 0.29) is 16.5 Å². The van der Waals surface area contributed by atoms with E-state index in [4.69, 9.17) is 0 Å². The zero-order chi connectivity index (χ0) is 13.2. The summed E-state index contributed by atoms with van der Waals surface area (Å²) in [4.78, 5) is 13.4. The molecular formula is C8H6BrF3N2O3. The van der Waals surface area contributed by atoms with Crippen LogP contribution in [0.2, 0.25) is 0 Å². The van der Waals surface area contributed by atoms with Crippen LogP contribution in [0.5, 0.6) is 5.88 Å². The van der Waals surface area contributed by atoms with Crippen molar-refractivity contribution in [2.24, 2.45) is 0 Å². The maximum absolute atomic E-state index is 12.0. The molecule has 1 aromatic rings. The highest BCUT2D eigenvalue weighted by atomic mass is 79.9. The Bertz CT molecular complexity index is 450. The van der Waals surface area contributed by atoms with Crippen molar-refractivity contribution in [1.29, 1.82) is 0 Å². The van der Waals surface area contributed by atoms with Crippen LogP contribution in [0.4, 0.5) is 18.9 Å². The summed E-state index contributed by atoms with van der Waals surface area (Å²) >= 11 is 2.99. The Hall–Kier alpha value is -1.38. The van der Waals surface area contributed by atoms with E-state index < -0.39 is 22.9 Å². The van der Waals surface area contributed by atoms with Crippen LogP contribution >= 0.6 is 15.9 Å². The molecule has 0 aliphatic rings. The summed E-state index contributed by atoms with van der Waals surface area (Å²) in [6.07, 6.45) is -3.96. The number of ether oxygens (including phenoxy) is 1. The van der Waals surface area contributed by atoms with Gasteiger partial charge in [-0.05, 0) is 6.92 Å². The van der Waals surface area contributed by atoms with Crippen LogP contribution in [0.3, 0.4) is 0 Å². The molecule has 0 unspecified atom stereocenters. The molecule has 1 heterocycles. The molecule has 0 spiro atoms. The highest BCUT2D eigenvalue weighted by molar-refractivity contribution is 9.08. The number of rotatable bonds is 3. The van der Waals surface area contributed by atoms with Crippen LogP contribution in [0.25, 0.3) is 0 Å². The fourth-order valence-electron chi connectivity index (χ4n) is 1.20. The van der Waals surface area contributed by atoms with E-state index in [1.165, 1.54) is 0 Å².